The van der Waals surface area contributed by atoms with Crippen LogP contribution in [0.3, 0.4) is 0 Å². The maximum Gasteiger partial charge on any atom is 0.302 e. The fourth-order valence-corrected chi connectivity index (χ4v) is 17.2. The number of hydrogen-bond donors (Lipinski definition) is 0. The van der Waals surface area contributed by atoms with Crippen molar-refractivity contribution in [2.45, 2.75) is 153 Å². The summed E-state index contributed by atoms with van der Waals surface area (Å²) >= 11 is 0. The van der Waals surface area contributed by atoms with Crippen LogP contribution in [-0.2, 0) is 19.1 Å². The molecule has 11 heteroatoms. The molecule has 4 saturated carbocycles. The maximum absolute atomic E-state index is 15.2. The zero-order chi connectivity index (χ0) is 53.6. The molecule has 0 aromatic heterocycles. The fraction of sp³-hybridized carbons (Fsp3) is 0.615. The summed E-state index contributed by atoms with van der Waals surface area (Å²) in [5, 5.41) is 2.12. The largest absolute Gasteiger partial charge is 1.00 e. The van der Waals surface area contributed by atoms with Gasteiger partial charge in [-0.2, -0.15) is 0 Å². The normalized spacial score (nSPS) is 31.9. The van der Waals surface area contributed by atoms with Gasteiger partial charge in [0.15, 0.2) is 5.78 Å². The Kier molecular flexibility index (Phi) is 14.9. The first-order valence-corrected chi connectivity index (χ1v) is 29.1. The molecular formula is C65H87ClN4O6. The quantitative estimate of drug-likeness (QED) is 0.0936. The van der Waals surface area contributed by atoms with Gasteiger partial charge in [-0.05, 0) is 167 Å². The number of carbonyl (C=O) groups excluding carboxylic acids is 4. The van der Waals surface area contributed by atoms with Crippen molar-refractivity contribution >= 4 is 40.2 Å². The van der Waals surface area contributed by atoms with E-state index in [1.54, 1.807) is 0 Å². The lowest BCUT2D eigenvalue weighted by atomic mass is 9.33. The summed E-state index contributed by atoms with van der Waals surface area (Å²) < 4.78 is 15.1. The zero-order valence-electron chi connectivity index (χ0n) is 48.0. The number of amides is 2. The first-order chi connectivity index (χ1) is 35.6. The van der Waals surface area contributed by atoms with Crippen molar-refractivity contribution in [1.29, 1.82) is 0 Å². The predicted molar refractivity (Wildman–Crippen MR) is 300 cm³/mol. The first-order valence-electron chi connectivity index (χ1n) is 29.1. The van der Waals surface area contributed by atoms with Crippen molar-refractivity contribution in [2.24, 2.45) is 50.2 Å². The van der Waals surface area contributed by atoms with Gasteiger partial charge in [-0.1, -0.05) is 66.2 Å². The van der Waals surface area contributed by atoms with Gasteiger partial charge in [0.05, 0.1) is 6.07 Å². The van der Waals surface area contributed by atoms with Crippen molar-refractivity contribution in [3.8, 4) is 22.5 Å². The fourth-order valence-electron chi connectivity index (χ4n) is 17.2. The van der Waals surface area contributed by atoms with E-state index in [2.05, 4.69) is 145 Å². The van der Waals surface area contributed by atoms with Crippen LogP contribution >= 0.6 is 0 Å². The van der Waals surface area contributed by atoms with Crippen LogP contribution in [0, 0.1) is 50.2 Å². The van der Waals surface area contributed by atoms with Crippen molar-refractivity contribution < 1.29 is 40.7 Å². The van der Waals surface area contributed by atoms with Crippen molar-refractivity contribution in [3.05, 3.63) is 83.2 Å². The van der Waals surface area contributed by atoms with E-state index >= 15 is 9.59 Å². The molecule has 5 fully saturated rings. The topological polar surface area (TPSA) is 103 Å². The maximum atomic E-state index is 15.2. The number of ketones is 1. The number of rotatable bonds is 9. The van der Waals surface area contributed by atoms with Gasteiger partial charge in [0.2, 0.25) is 11.3 Å². The van der Waals surface area contributed by atoms with E-state index in [4.69, 9.17) is 9.15 Å². The Morgan fingerprint density at radius 3 is 2.21 bits per heavy atom. The van der Waals surface area contributed by atoms with Crippen LogP contribution < -0.4 is 27.2 Å². The summed E-state index contributed by atoms with van der Waals surface area (Å²) in [5.41, 5.74) is 5.52. The third kappa shape index (κ3) is 8.85. The highest BCUT2D eigenvalue weighted by atomic mass is 35.5. The molecule has 0 radical (unpaired) electrons. The van der Waals surface area contributed by atoms with E-state index in [0.29, 0.717) is 38.2 Å². The number of hydrogen-bond acceptors (Lipinski definition) is 7. The lowest BCUT2D eigenvalue weighted by molar-refractivity contribution is -0.210. The average molecular weight is 1060 g/mol. The summed E-state index contributed by atoms with van der Waals surface area (Å²) in [6.45, 7) is 32.4. The highest BCUT2D eigenvalue weighted by Gasteiger charge is 2.70. The smallest absolute Gasteiger partial charge is 0.302 e. The van der Waals surface area contributed by atoms with Gasteiger partial charge in [-0.15, -0.1) is 0 Å². The van der Waals surface area contributed by atoms with Gasteiger partial charge in [-0.3, -0.25) is 19.2 Å². The second-order valence-corrected chi connectivity index (χ2v) is 25.9. The molecule has 9 atom stereocenters. The van der Waals surface area contributed by atoms with Crippen LogP contribution in [0.5, 0.6) is 0 Å². The van der Waals surface area contributed by atoms with Crippen molar-refractivity contribution in [3.63, 3.8) is 0 Å². The number of nitrogens with zero attached hydrogens (tertiary/aromatic N) is 4. The van der Waals surface area contributed by atoms with Crippen LogP contribution in [0.4, 0.5) is 5.69 Å². The van der Waals surface area contributed by atoms with Gasteiger partial charge in [-0.25, -0.2) is 4.58 Å². The molecule has 76 heavy (non-hydrogen) atoms. The number of ether oxygens (including phenoxy) is 1. The van der Waals surface area contributed by atoms with Crippen molar-refractivity contribution in [1.82, 2.24) is 14.4 Å². The molecule has 0 spiro atoms. The number of halogens is 1. The highest BCUT2D eigenvalue weighted by molar-refractivity contribution is 6.04. The van der Waals surface area contributed by atoms with Crippen LogP contribution in [0.2, 0.25) is 0 Å². The number of allylic oxidation sites excluding steroid dienone is 2. The number of esters is 1. The Bertz CT molecular complexity index is 3000. The third-order valence-corrected chi connectivity index (χ3v) is 21.8. The Balaban J connectivity index is 0.00000706. The summed E-state index contributed by atoms with van der Waals surface area (Å²) in [4.78, 5) is 63.6. The SMILES string of the molecule is CCN(CC)c1ccc2c(-c3cccc(C(=O)N4CCCN(C(=O)[C@@]5(C)CC[C@]6(C)CC[C@]7(C)C(=CC(=O)[C@@H]8[C@@]9(C)CC[C@H](OC(C)=O)C(C)(C)[C@@H]9CC[C@]87C)[C@@H]6C5)CC4)c3)c3ccc(=[N+](CC)CC)cc-3oc2c1.[Cl-]. The van der Waals surface area contributed by atoms with E-state index in [-0.39, 0.29) is 86.9 Å². The molecule has 2 heterocycles. The molecule has 10 nitrogen and oxygen atoms in total. The molecule has 1 saturated heterocycles. The lowest BCUT2D eigenvalue weighted by Crippen LogP contribution is -3.00. The minimum Gasteiger partial charge on any atom is -1.00 e. The van der Waals surface area contributed by atoms with E-state index in [1.165, 1.54) is 12.5 Å². The lowest BCUT2D eigenvalue weighted by Gasteiger charge is -2.70. The van der Waals surface area contributed by atoms with Crippen molar-refractivity contribution in [2.75, 3.05) is 57.3 Å². The standard InChI is InChI=1S/C65H87N4O6.ClH/c1-13-66(14-2)45-21-23-47-52(38-45)75-53-39-46(67(15-3)16-4)22-24-48(53)56(47)43-19-17-20-44(37-43)58(72)68-33-18-34-69(36-35-68)59(73)62(9)30-29-61(8)31-32-64(11)49(50(61)41-62)40-51(71)57-63(10)27-26-55(74-42(5)70)60(6,7)54(63)25-28-65(57,64)12;/h17,19-24,37-40,50,54-55,57H,13-16,18,25-36,41H2,1-12H3;1H/q+1;/p-1/t50-,54-,55-,57+,61+,62-,63-,64+,65+;/m0./s1. The number of benzene rings is 3. The average Bonchev–Trinajstić information content (AvgIpc) is 3.79. The van der Waals surface area contributed by atoms with E-state index in [0.717, 1.165) is 128 Å². The highest BCUT2D eigenvalue weighted by Crippen LogP contribution is 2.75. The second kappa shape index (κ2) is 20.4. The molecule has 410 valence electrons. The molecule has 6 aliphatic carbocycles. The minimum absolute atomic E-state index is 0. The number of fused-ring (bicyclic) bond motifs is 9. The summed E-state index contributed by atoms with van der Waals surface area (Å²) in [6, 6.07) is 21.1. The van der Waals surface area contributed by atoms with E-state index in [9.17, 15) is 9.59 Å². The van der Waals surface area contributed by atoms with Gasteiger partial charge < -0.3 is 36.3 Å². The Morgan fingerprint density at radius 1 is 0.789 bits per heavy atom. The monoisotopic (exact) mass is 1050 g/mol. The number of carbonyl (C=O) groups is 4. The Hall–Kier alpha value is -4.96. The zero-order valence-corrected chi connectivity index (χ0v) is 48.8. The van der Waals surface area contributed by atoms with E-state index < -0.39 is 5.41 Å². The molecule has 2 aromatic rings. The van der Waals surface area contributed by atoms with Crippen LogP contribution in [0.15, 0.2) is 76.7 Å². The molecule has 2 aromatic carbocycles. The molecule has 0 N–H and O–H groups in total. The molecule has 0 unspecified atom stereocenters. The van der Waals surface area contributed by atoms with Crippen LogP contribution in [0.1, 0.15) is 158 Å². The Labute approximate surface area is 459 Å². The minimum atomic E-state index is -0.577. The first kappa shape index (κ1) is 55.8. The number of anilines is 1. The molecule has 0 bridgehead atoms. The Morgan fingerprint density at radius 2 is 1.50 bits per heavy atom. The molecule has 2 amide bonds. The molecule has 8 aliphatic rings. The summed E-state index contributed by atoms with van der Waals surface area (Å²) in [5.74, 6) is 1.35. The second-order valence-electron chi connectivity index (χ2n) is 25.9. The molecule has 10 rings (SSSR count). The van der Waals surface area contributed by atoms with E-state index in [1.807, 2.05) is 17.0 Å². The molecular weight excluding hydrogens is 968 g/mol. The van der Waals surface area contributed by atoms with Gasteiger partial charge in [0.1, 0.15) is 30.5 Å². The summed E-state index contributed by atoms with van der Waals surface area (Å²) in [6.07, 6.45) is 11.0. The van der Waals surface area contributed by atoms with Gasteiger partial charge in [0.25, 0.3) is 5.91 Å². The van der Waals surface area contributed by atoms with Gasteiger partial charge >= 0.3 is 5.97 Å². The molecule has 2 aliphatic heterocycles. The third-order valence-electron chi connectivity index (χ3n) is 21.8. The van der Waals surface area contributed by atoms with Gasteiger partial charge in [0, 0.05) is 103 Å². The summed E-state index contributed by atoms with van der Waals surface area (Å²) in [7, 11) is 0. The van der Waals surface area contributed by atoms with Crippen LogP contribution in [0.25, 0.3) is 33.4 Å². The van der Waals surface area contributed by atoms with Crippen LogP contribution in [-0.4, -0.2) is 91.8 Å². The predicted octanol–water partition coefficient (Wildman–Crippen LogP) is 9.45.